The van der Waals surface area contributed by atoms with Gasteiger partial charge in [0.15, 0.2) is 0 Å². The number of nitrogens with zero attached hydrogens (tertiary/aromatic N) is 2. The molecule has 23 heavy (non-hydrogen) atoms. The Hall–Kier alpha value is -2.14. The van der Waals surface area contributed by atoms with Gasteiger partial charge < -0.3 is 15.2 Å². The zero-order valence-electron chi connectivity index (χ0n) is 13.6. The number of rotatable bonds is 6. The summed E-state index contributed by atoms with van der Waals surface area (Å²) in [6, 6.07) is 7.92. The van der Waals surface area contributed by atoms with Gasteiger partial charge in [0.1, 0.15) is 0 Å². The lowest BCUT2D eigenvalue weighted by atomic mass is 9.94. The molecule has 1 aliphatic heterocycles. The van der Waals surface area contributed by atoms with Gasteiger partial charge in [-0.1, -0.05) is 18.2 Å². The third kappa shape index (κ3) is 3.99. The van der Waals surface area contributed by atoms with Crippen LogP contribution in [-0.4, -0.2) is 28.5 Å². The van der Waals surface area contributed by atoms with Crippen LogP contribution in [0.1, 0.15) is 35.0 Å². The number of imidazole rings is 1. The van der Waals surface area contributed by atoms with Crippen molar-refractivity contribution < 1.29 is 4.79 Å². The van der Waals surface area contributed by atoms with Gasteiger partial charge in [0.25, 0.3) is 5.91 Å². The van der Waals surface area contributed by atoms with E-state index in [2.05, 4.69) is 28.6 Å². The first kappa shape index (κ1) is 15.7. The van der Waals surface area contributed by atoms with Crippen molar-refractivity contribution in [3.05, 3.63) is 53.6 Å². The normalized spacial score (nSPS) is 17.3. The van der Waals surface area contributed by atoms with Crippen LogP contribution >= 0.6 is 0 Å². The minimum atomic E-state index is -0.0161. The van der Waals surface area contributed by atoms with Gasteiger partial charge in [0.2, 0.25) is 0 Å². The van der Waals surface area contributed by atoms with Gasteiger partial charge in [0, 0.05) is 18.3 Å². The van der Waals surface area contributed by atoms with Crippen molar-refractivity contribution in [2.24, 2.45) is 5.92 Å². The highest BCUT2D eigenvalue weighted by Gasteiger charge is 2.18. The van der Waals surface area contributed by atoms with Crippen LogP contribution in [0.25, 0.3) is 0 Å². The molecule has 2 aromatic rings. The molecule has 2 heterocycles. The lowest BCUT2D eigenvalue weighted by molar-refractivity contribution is 0.0949. The van der Waals surface area contributed by atoms with Gasteiger partial charge in [-0.2, -0.15) is 0 Å². The van der Waals surface area contributed by atoms with Crippen LogP contribution in [0.2, 0.25) is 0 Å². The number of hydrogen-bond acceptors (Lipinski definition) is 3. The SMILES string of the molecule is CCn1cnc(CNC(=O)c2ccccc2CC2CCNC2)c1. The van der Waals surface area contributed by atoms with E-state index in [4.69, 9.17) is 0 Å². The second-order valence-electron chi connectivity index (χ2n) is 6.10. The van der Waals surface area contributed by atoms with Crippen LogP contribution in [0.3, 0.4) is 0 Å². The van der Waals surface area contributed by atoms with Gasteiger partial charge in [-0.3, -0.25) is 4.79 Å². The first-order valence-corrected chi connectivity index (χ1v) is 8.33. The molecule has 5 nitrogen and oxygen atoms in total. The molecule has 3 rings (SSSR count). The Morgan fingerprint density at radius 1 is 1.43 bits per heavy atom. The van der Waals surface area contributed by atoms with Crippen molar-refractivity contribution in [2.75, 3.05) is 13.1 Å². The van der Waals surface area contributed by atoms with E-state index in [1.165, 1.54) is 6.42 Å². The van der Waals surface area contributed by atoms with Crippen molar-refractivity contribution in [3.8, 4) is 0 Å². The van der Waals surface area contributed by atoms with E-state index >= 15 is 0 Å². The van der Waals surface area contributed by atoms with Gasteiger partial charge in [-0.05, 0) is 50.4 Å². The number of amides is 1. The molecule has 1 atom stereocenters. The fourth-order valence-electron chi connectivity index (χ4n) is 3.06. The first-order valence-electron chi connectivity index (χ1n) is 8.33. The van der Waals surface area contributed by atoms with Crippen molar-refractivity contribution in [1.82, 2.24) is 20.2 Å². The van der Waals surface area contributed by atoms with Crippen molar-refractivity contribution in [2.45, 2.75) is 32.9 Å². The minimum Gasteiger partial charge on any atom is -0.346 e. The van der Waals surface area contributed by atoms with E-state index in [9.17, 15) is 4.79 Å². The Kier molecular flexibility index (Phi) is 5.08. The molecule has 0 saturated carbocycles. The first-order chi connectivity index (χ1) is 11.3. The second-order valence-corrected chi connectivity index (χ2v) is 6.10. The number of carbonyl (C=O) groups excluding carboxylic acids is 1. The molecule has 1 fully saturated rings. The van der Waals surface area contributed by atoms with Gasteiger partial charge in [0.05, 0.1) is 18.6 Å². The van der Waals surface area contributed by atoms with Crippen LogP contribution < -0.4 is 10.6 Å². The topological polar surface area (TPSA) is 59.0 Å². The number of aromatic nitrogens is 2. The summed E-state index contributed by atoms with van der Waals surface area (Å²) in [5, 5.41) is 6.37. The second kappa shape index (κ2) is 7.42. The molecule has 1 aromatic heterocycles. The van der Waals surface area contributed by atoms with Crippen molar-refractivity contribution >= 4 is 5.91 Å². The highest BCUT2D eigenvalue weighted by Crippen LogP contribution is 2.18. The molecule has 1 amide bonds. The number of hydrogen-bond donors (Lipinski definition) is 2. The summed E-state index contributed by atoms with van der Waals surface area (Å²) in [7, 11) is 0. The highest BCUT2D eigenvalue weighted by molar-refractivity contribution is 5.95. The predicted octanol–water partition coefficient (Wildman–Crippen LogP) is 1.98. The van der Waals surface area contributed by atoms with Crippen LogP contribution in [0, 0.1) is 5.92 Å². The molecular formula is C18H24N4O. The van der Waals surface area contributed by atoms with Crippen LogP contribution in [0.4, 0.5) is 0 Å². The van der Waals surface area contributed by atoms with Crippen molar-refractivity contribution in [3.63, 3.8) is 0 Å². The molecule has 1 aromatic carbocycles. The number of aryl methyl sites for hydroxylation is 1. The molecule has 2 N–H and O–H groups in total. The Balaban J connectivity index is 1.64. The maximum absolute atomic E-state index is 12.5. The summed E-state index contributed by atoms with van der Waals surface area (Å²) >= 11 is 0. The summed E-state index contributed by atoms with van der Waals surface area (Å²) in [6.45, 7) is 5.55. The highest BCUT2D eigenvalue weighted by atomic mass is 16.1. The van der Waals surface area contributed by atoms with E-state index in [0.29, 0.717) is 12.5 Å². The predicted molar refractivity (Wildman–Crippen MR) is 90.2 cm³/mol. The zero-order chi connectivity index (χ0) is 16.1. The van der Waals surface area contributed by atoms with Gasteiger partial charge in [-0.15, -0.1) is 0 Å². The lowest BCUT2D eigenvalue weighted by Gasteiger charge is -2.13. The Morgan fingerprint density at radius 3 is 3.04 bits per heavy atom. The summed E-state index contributed by atoms with van der Waals surface area (Å²) < 4.78 is 2.00. The molecule has 0 aliphatic carbocycles. The molecular weight excluding hydrogens is 288 g/mol. The quantitative estimate of drug-likeness (QED) is 0.857. The molecule has 0 bridgehead atoms. The summed E-state index contributed by atoms with van der Waals surface area (Å²) in [5.41, 5.74) is 2.81. The number of carbonyl (C=O) groups is 1. The van der Waals surface area contributed by atoms with E-state index in [0.717, 1.165) is 42.9 Å². The van der Waals surface area contributed by atoms with E-state index in [-0.39, 0.29) is 5.91 Å². The summed E-state index contributed by atoms with van der Waals surface area (Å²) in [6.07, 6.45) is 5.91. The van der Waals surface area contributed by atoms with E-state index in [1.54, 1.807) is 6.33 Å². The average molecular weight is 312 g/mol. The zero-order valence-corrected chi connectivity index (χ0v) is 13.6. The minimum absolute atomic E-state index is 0.0161. The largest absolute Gasteiger partial charge is 0.346 e. The Bertz CT molecular complexity index is 659. The fourth-order valence-corrected chi connectivity index (χ4v) is 3.06. The average Bonchev–Trinajstić information content (AvgIpc) is 3.24. The molecule has 1 unspecified atom stereocenters. The van der Waals surface area contributed by atoms with Crippen LogP contribution in [-0.2, 0) is 19.5 Å². The summed E-state index contributed by atoms with van der Waals surface area (Å²) in [5.74, 6) is 0.613. The number of nitrogens with one attached hydrogen (secondary N) is 2. The molecule has 1 aliphatic rings. The Labute approximate surface area is 137 Å². The van der Waals surface area contributed by atoms with E-state index in [1.807, 2.05) is 29.0 Å². The molecule has 5 heteroatoms. The molecule has 1 saturated heterocycles. The van der Waals surface area contributed by atoms with Crippen LogP contribution in [0.15, 0.2) is 36.8 Å². The Morgan fingerprint density at radius 2 is 2.30 bits per heavy atom. The monoisotopic (exact) mass is 312 g/mol. The maximum atomic E-state index is 12.5. The van der Waals surface area contributed by atoms with E-state index < -0.39 is 0 Å². The lowest BCUT2D eigenvalue weighted by Crippen LogP contribution is -2.24. The fraction of sp³-hybridized carbons (Fsp3) is 0.444. The van der Waals surface area contributed by atoms with Gasteiger partial charge in [-0.25, -0.2) is 4.98 Å². The molecule has 0 spiro atoms. The molecule has 0 radical (unpaired) electrons. The van der Waals surface area contributed by atoms with Crippen molar-refractivity contribution in [1.29, 1.82) is 0 Å². The molecule has 122 valence electrons. The van der Waals surface area contributed by atoms with Gasteiger partial charge >= 0.3 is 0 Å². The third-order valence-electron chi connectivity index (χ3n) is 4.41. The maximum Gasteiger partial charge on any atom is 0.251 e. The third-order valence-corrected chi connectivity index (χ3v) is 4.41. The summed E-state index contributed by atoms with van der Waals surface area (Å²) in [4.78, 5) is 16.8. The van der Waals surface area contributed by atoms with Crippen LogP contribution in [0.5, 0.6) is 0 Å². The number of benzene rings is 1. The smallest absolute Gasteiger partial charge is 0.251 e. The standard InChI is InChI=1S/C18H24N4O/c1-2-22-12-16(21-13-22)11-20-18(23)17-6-4-3-5-15(17)9-14-7-8-19-10-14/h3-6,12-14,19H,2,7-11H2,1H3,(H,20,23).